The number of hydrogen-bond acceptors (Lipinski definition) is 2. The molecule has 1 unspecified atom stereocenters. The fraction of sp³-hybridized carbons (Fsp3) is 0.722. The van der Waals surface area contributed by atoms with Gasteiger partial charge in [0.25, 0.3) is 0 Å². The molecule has 114 valence electrons. The van der Waals surface area contributed by atoms with Crippen molar-refractivity contribution in [1.29, 1.82) is 0 Å². The summed E-state index contributed by atoms with van der Waals surface area (Å²) in [6.07, 6.45) is 14.8. The molecule has 0 aliphatic rings. The molecule has 0 radical (unpaired) electrons. The fourth-order valence-electron chi connectivity index (χ4n) is 2.76. The van der Waals surface area contributed by atoms with Crippen molar-refractivity contribution < 1.29 is 0 Å². The van der Waals surface area contributed by atoms with Gasteiger partial charge in [0.05, 0.1) is 0 Å². The number of hydrogen-bond donors (Lipinski definition) is 1. The highest BCUT2D eigenvalue weighted by molar-refractivity contribution is 5.24. The molecule has 0 fully saturated rings. The van der Waals surface area contributed by atoms with Gasteiger partial charge in [-0.15, -0.1) is 0 Å². The Balaban J connectivity index is 2.31. The average molecular weight is 276 g/mol. The summed E-state index contributed by atoms with van der Waals surface area (Å²) in [7, 11) is 0. The van der Waals surface area contributed by atoms with Crippen LogP contribution in [0.15, 0.2) is 18.5 Å². The largest absolute Gasteiger partial charge is 0.310 e. The van der Waals surface area contributed by atoms with Crippen LogP contribution in [0.4, 0.5) is 0 Å². The highest BCUT2D eigenvalue weighted by Gasteiger charge is 2.12. The van der Waals surface area contributed by atoms with Crippen LogP contribution in [0.5, 0.6) is 0 Å². The van der Waals surface area contributed by atoms with Crippen LogP contribution >= 0.6 is 0 Å². The number of aryl methyl sites for hydroxylation is 1. The summed E-state index contributed by atoms with van der Waals surface area (Å²) in [6.45, 7) is 7.67. The van der Waals surface area contributed by atoms with E-state index in [2.05, 4.69) is 37.1 Å². The van der Waals surface area contributed by atoms with Gasteiger partial charge in [0.15, 0.2) is 0 Å². The number of unbranched alkanes of at least 4 members (excludes halogenated alkanes) is 6. The molecule has 1 aromatic heterocycles. The topological polar surface area (TPSA) is 24.9 Å². The van der Waals surface area contributed by atoms with E-state index in [1.165, 1.54) is 62.5 Å². The molecule has 0 amide bonds. The maximum atomic E-state index is 4.29. The number of nitrogens with one attached hydrogen (secondary N) is 1. The van der Waals surface area contributed by atoms with Gasteiger partial charge < -0.3 is 5.32 Å². The smallest absolute Gasteiger partial charge is 0.0338 e. The Kier molecular flexibility index (Phi) is 9.31. The molecular weight excluding hydrogens is 244 g/mol. The van der Waals surface area contributed by atoms with Crippen LogP contribution in [0.3, 0.4) is 0 Å². The van der Waals surface area contributed by atoms with Crippen molar-refractivity contribution >= 4 is 0 Å². The van der Waals surface area contributed by atoms with Crippen LogP contribution in [0.25, 0.3) is 0 Å². The van der Waals surface area contributed by atoms with Gasteiger partial charge in [0.1, 0.15) is 0 Å². The quantitative estimate of drug-likeness (QED) is 0.563. The molecule has 0 aromatic carbocycles. The summed E-state index contributed by atoms with van der Waals surface area (Å²) in [5, 5.41) is 3.61. The average Bonchev–Trinajstić information content (AvgIpc) is 2.46. The molecule has 20 heavy (non-hydrogen) atoms. The second-order valence-electron chi connectivity index (χ2n) is 5.75. The molecule has 0 spiro atoms. The molecule has 0 saturated heterocycles. The van der Waals surface area contributed by atoms with E-state index in [4.69, 9.17) is 0 Å². The highest BCUT2D eigenvalue weighted by Crippen LogP contribution is 2.22. The van der Waals surface area contributed by atoms with E-state index in [9.17, 15) is 0 Å². The van der Waals surface area contributed by atoms with Gasteiger partial charge in [0.2, 0.25) is 0 Å². The lowest BCUT2D eigenvalue weighted by molar-refractivity contribution is 0.473. The predicted molar refractivity (Wildman–Crippen MR) is 88.0 cm³/mol. The van der Waals surface area contributed by atoms with Crippen LogP contribution in [0.2, 0.25) is 0 Å². The summed E-state index contributed by atoms with van der Waals surface area (Å²) >= 11 is 0. The van der Waals surface area contributed by atoms with Gasteiger partial charge in [-0.05, 0) is 37.1 Å². The third-order valence-electron chi connectivity index (χ3n) is 4.00. The molecule has 1 rings (SSSR count). The second kappa shape index (κ2) is 10.8. The Morgan fingerprint density at radius 2 is 1.75 bits per heavy atom. The standard InChI is InChI=1S/C18H32N2/c1-4-6-7-8-9-10-11-12-18(20-5-2)17-15-19-14-13-16(17)3/h13-15,18,20H,4-12H2,1-3H3. The molecular formula is C18H32N2. The first-order valence-corrected chi connectivity index (χ1v) is 8.43. The molecule has 0 aliphatic heterocycles. The van der Waals surface area contributed by atoms with Crippen LogP contribution in [-0.4, -0.2) is 11.5 Å². The Morgan fingerprint density at radius 1 is 1.05 bits per heavy atom. The molecule has 1 heterocycles. The van der Waals surface area contributed by atoms with Crippen LogP contribution in [0.1, 0.15) is 82.4 Å². The number of aromatic nitrogens is 1. The highest BCUT2D eigenvalue weighted by atomic mass is 14.9. The molecule has 1 N–H and O–H groups in total. The number of nitrogens with zero attached hydrogens (tertiary/aromatic N) is 1. The van der Waals surface area contributed by atoms with Crippen molar-refractivity contribution in [2.45, 2.75) is 78.2 Å². The lowest BCUT2D eigenvalue weighted by atomic mass is 9.97. The van der Waals surface area contributed by atoms with E-state index in [-0.39, 0.29) is 0 Å². The third-order valence-corrected chi connectivity index (χ3v) is 4.00. The molecule has 1 aromatic rings. The predicted octanol–water partition coefficient (Wildman–Crippen LogP) is 5.18. The first-order valence-electron chi connectivity index (χ1n) is 8.43. The zero-order chi connectivity index (χ0) is 14.6. The van der Waals surface area contributed by atoms with E-state index in [1.807, 2.05) is 12.4 Å². The Hall–Kier alpha value is -0.890. The fourth-order valence-corrected chi connectivity index (χ4v) is 2.76. The summed E-state index contributed by atoms with van der Waals surface area (Å²) in [6, 6.07) is 2.59. The summed E-state index contributed by atoms with van der Waals surface area (Å²) in [5.74, 6) is 0. The van der Waals surface area contributed by atoms with Gasteiger partial charge in [-0.25, -0.2) is 0 Å². The van der Waals surface area contributed by atoms with E-state index in [0.717, 1.165) is 6.54 Å². The summed E-state index contributed by atoms with van der Waals surface area (Å²) in [5.41, 5.74) is 2.73. The SMILES string of the molecule is CCCCCCCCCC(NCC)c1cnccc1C. The Bertz CT molecular complexity index is 349. The minimum atomic E-state index is 0.476. The minimum absolute atomic E-state index is 0.476. The molecule has 2 heteroatoms. The van der Waals surface area contributed by atoms with Gasteiger partial charge >= 0.3 is 0 Å². The van der Waals surface area contributed by atoms with Crippen LogP contribution in [0, 0.1) is 6.92 Å². The first kappa shape index (κ1) is 17.2. The Labute approximate surface area is 125 Å². The monoisotopic (exact) mass is 276 g/mol. The Morgan fingerprint density at radius 3 is 2.40 bits per heavy atom. The zero-order valence-electron chi connectivity index (χ0n) is 13.6. The van der Waals surface area contributed by atoms with Gasteiger partial charge in [0, 0.05) is 18.4 Å². The molecule has 0 aliphatic carbocycles. The maximum absolute atomic E-state index is 4.29. The van der Waals surface area contributed by atoms with Crippen molar-refractivity contribution in [3.8, 4) is 0 Å². The van der Waals surface area contributed by atoms with Gasteiger partial charge in [-0.3, -0.25) is 4.98 Å². The van der Waals surface area contributed by atoms with Gasteiger partial charge in [-0.1, -0.05) is 58.8 Å². The lowest BCUT2D eigenvalue weighted by Crippen LogP contribution is -2.21. The van der Waals surface area contributed by atoms with Crippen LogP contribution in [-0.2, 0) is 0 Å². The van der Waals surface area contributed by atoms with Crippen molar-refractivity contribution in [2.24, 2.45) is 0 Å². The first-order chi connectivity index (χ1) is 9.79. The van der Waals surface area contributed by atoms with Crippen molar-refractivity contribution in [1.82, 2.24) is 10.3 Å². The summed E-state index contributed by atoms with van der Waals surface area (Å²) in [4.78, 5) is 4.29. The minimum Gasteiger partial charge on any atom is -0.310 e. The molecule has 1 atom stereocenters. The second-order valence-corrected chi connectivity index (χ2v) is 5.75. The normalized spacial score (nSPS) is 12.6. The molecule has 2 nitrogen and oxygen atoms in total. The molecule has 0 saturated carbocycles. The van der Waals surface area contributed by atoms with Crippen molar-refractivity contribution in [2.75, 3.05) is 6.54 Å². The van der Waals surface area contributed by atoms with Crippen molar-refractivity contribution in [3.05, 3.63) is 29.6 Å². The van der Waals surface area contributed by atoms with E-state index in [0.29, 0.717) is 6.04 Å². The zero-order valence-corrected chi connectivity index (χ0v) is 13.6. The van der Waals surface area contributed by atoms with E-state index in [1.54, 1.807) is 0 Å². The number of pyridine rings is 1. The molecule has 0 bridgehead atoms. The third kappa shape index (κ3) is 6.51. The van der Waals surface area contributed by atoms with Gasteiger partial charge in [-0.2, -0.15) is 0 Å². The number of rotatable bonds is 11. The van der Waals surface area contributed by atoms with Crippen molar-refractivity contribution in [3.63, 3.8) is 0 Å². The maximum Gasteiger partial charge on any atom is 0.0338 e. The van der Waals surface area contributed by atoms with E-state index < -0.39 is 0 Å². The summed E-state index contributed by atoms with van der Waals surface area (Å²) < 4.78 is 0. The lowest BCUT2D eigenvalue weighted by Gasteiger charge is -2.19. The van der Waals surface area contributed by atoms with Crippen LogP contribution < -0.4 is 5.32 Å². The van der Waals surface area contributed by atoms with E-state index >= 15 is 0 Å².